The molecule has 2 aromatic rings. The largest absolute Gasteiger partial charge is 0.377 e. The van der Waals surface area contributed by atoms with E-state index in [0.717, 1.165) is 11.1 Å². The summed E-state index contributed by atoms with van der Waals surface area (Å²) in [6, 6.07) is 13.4. The Kier molecular flexibility index (Phi) is 3.85. The third kappa shape index (κ3) is 2.81. The molecule has 0 radical (unpaired) electrons. The zero-order valence-electron chi connectivity index (χ0n) is 10.0. The van der Waals surface area contributed by atoms with Crippen LogP contribution in [0.3, 0.4) is 0 Å². The van der Waals surface area contributed by atoms with Crippen LogP contribution in [0.4, 0.5) is 4.39 Å². The zero-order valence-corrected chi connectivity index (χ0v) is 10.0. The van der Waals surface area contributed by atoms with Crippen molar-refractivity contribution < 1.29 is 13.9 Å². The lowest BCUT2D eigenvalue weighted by Crippen LogP contribution is -2.06. The van der Waals surface area contributed by atoms with Gasteiger partial charge >= 0.3 is 0 Å². The Morgan fingerprint density at radius 2 is 1.83 bits per heavy atom. The highest BCUT2D eigenvalue weighted by molar-refractivity contribution is 5.98. The van der Waals surface area contributed by atoms with Crippen molar-refractivity contribution in [2.45, 2.75) is 0 Å². The molecule has 0 bridgehead atoms. The Balaban J connectivity index is 2.32. The molecule has 3 heteroatoms. The van der Waals surface area contributed by atoms with Crippen molar-refractivity contribution in [3.8, 4) is 11.1 Å². The average molecular weight is 244 g/mol. The summed E-state index contributed by atoms with van der Waals surface area (Å²) in [5.41, 5.74) is 2.36. The van der Waals surface area contributed by atoms with E-state index in [1.807, 2.05) is 12.1 Å². The van der Waals surface area contributed by atoms with Gasteiger partial charge in [-0.2, -0.15) is 0 Å². The van der Waals surface area contributed by atoms with E-state index in [1.54, 1.807) is 24.3 Å². The summed E-state index contributed by atoms with van der Waals surface area (Å²) in [6.45, 7) is 0.0624. The van der Waals surface area contributed by atoms with E-state index in [0.29, 0.717) is 5.56 Å². The van der Waals surface area contributed by atoms with Crippen molar-refractivity contribution in [3.05, 3.63) is 59.9 Å². The summed E-state index contributed by atoms with van der Waals surface area (Å²) in [5.74, 6) is -0.341. The highest BCUT2D eigenvalue weighted by Gasteiger charge is 2.06. The fourth-order valence-electron chi connectivity index (χ4n) is 1.73. The number of ether oxygens (including phenoxy) is 1. The number of hydrogen-bond acceptors (Lipinski definition) is 2. The van der Waals surface area contributed by atoms with Gasteiger partial charge in [-0.25, -0.2) is 4.39 Å². The first-order chi connectivity index (χ1) is 8.70. The first-order valence-corrected chi connectivity index (χ1v) is 5.59. The highest BCUT2D eigenvalue weighted by Crippen LogP contribution is 2.21. The highest BCUT2D eigenvalue weighted by atomic mass is 19.1. The SMILES string of the molecule is COCC(=O)c1cccc(-c2ccc(F)cc2)c1. The minimum atomic E-state index is -0.273. The number of rotatable bonds is 4. The summed E-state index contributed by atoms with van der Waals surface area (Å²) in [4.78, 5) is 11.7. The predicted molar refractivity (Wildman–Crippen MR) is 68.0 cm³/mol. The van der Waals surface area contributed by atoms with Crippen LogP contribution in [0, 0.1) is 5.82 Å². The maximum Gasteiger partial charge on any atom is 0.188 e. The lowest BCUT2D eigenvalue weighted by molar-refractivity contribution is 0.0848. The van der Waals surface area contributed by atoms with Crippen LogP contribution in [0.1, 0.15) is 10.4 Å². The van der Waals surface area contributed by atoms with Crippen LogP contribution in [-0.2, 0) is 4.74 Å². The lowest BCUT2D eigenvalue weighted by Gasteiger charge is -2.04. The van der Waals surface area contributed by atoms with Crippen molar-refractivity contribution in [1.29, 1.82) is 0 Å². The molecule has 0 aromatic heterocycles. The monoisotopic (exact) mass is 244 g/mol. The van der Waals surface area contributed by atoms with Crippen molar-refractivity contribution in [3.63, 3.8) is 0 Å². The number of methoxy groups -OCH3 is 1. The molecule has 0 fully saturated rings. The first-order valence-electron chi connectivity index (χ1n) is 5.59. The van der Waals surface area contributed by atoms with Gasteiger partial charge in [0, 0.05) is 12.7 Å². The van der Waals surface area contributed by atoms with E-state index in [-0.39, 0.29) is 18.2 Å². The number of carbonyl (C=O) groups is 1. The van der Waals surface area contributed by atoms with E-state index in [2.05, 4.69) is 0 Å². The standard InChI is InChI=1S/C15H13FO2/c1-18-10-15(17)13-4-2-3-12(9-13)11-5-7-14(16)8-6-11/h2-9H,10H2,1H3. The third-order valence-electron chi connectivity index (χ3n) is 2.64. The summed E-state index contributed by atoms with van der Waals surface area (Å²) in [6.07, 6.45) is 0. The molecule has 0 amide bonds. The number of halogens is 1. The maximum absolute atomic E-state index is 12.8. The van der Waals surface area contributed by atoms with Crippen LogP contribution in [0.5, 0.6) is 0 Å². The molecule has 0 spiro atoms. The van der Waals surface area contributed by atoms with E-state index in [4.69, 9.17) is 4.74 Å². The van der Waals surface area contributed by atoms with Gasteiger partial charge in [0.1, 0.15) is 12.4 Å². The molecular formula is C15H13FO2. The van der Waals surface area contributed by atoms with Gasteiger partial charge in [0.15, 0.2) is 5.78 Å². The molecule has 2 aromatic carbocycles. The molecule has 0 saturated carbocycles. The molecular weight excluding hydrogens is 231 g/mol. The van der Waals surface area contributed by atoms with Gasteiger partial charge in [0.25, 0.3) is 0 Å². The van der Waals surface area contributed by atoms with Crippen molar-refractivity contribution in [2.75, 3.05) is 13.7 Å². The van der Waals surface area contributed by atoms with Gasteiger partial charge in [-0.1, -0.05) is 30.3 Å². The van der Waals surface area contributed by atoms with Crippen LogP contribution in [0.15, 0.2) is 48.5 Å². The number of hydrogen-bond donors (Lipinski definition) is 0. The van der Waals surface area contributed by atoms with Gasteiger partial charge in [0.05, 0.1) is 0 Å². The molecule has 0 aliphatic rings. The molecule has 0 saturated heterocycles. The van der Waals surface area contributed by atoms with E-state index in [1.165, 1.54) is 19.2 Å². The van der Waals surface area contributed by atoms with Crippen LogP contribution in [-0.4, -0.2) is 19.5 Å². The number of Topliss-reactive ketones (excluding diaryl/α,β-unsaturated/α-hetero) is 1. The molecule has 0 aliphatic heterocycles. The van der Waals surface area contributed by atoms with Gasteiger partial charge in [-0.15, -0.1) is 0 Å². The van der Waals surface area contributed by atoms with E-state index >= 15 is 0 Å². The number of benzene rings is 2. The van der Waals surface area contributed by atoms with Crippen molar-refractivity contribution in [1.82, 2.24) is 0 Å². The molecule has 0 N–H and O–H groups in total. The normalized spacial score (nSPS) is 10.3. The Morgan fingerprint density at radius 1 is 1.11 bits per heavy atom. The van der Waals surface area contributed by atoms with Crippen LogP contribution in [0.25, 0.3) is 11.1 Å². The summed E-state index contributed by atoms with van der Waals surface area (Å²) >= 11 is 0. The van der Waals surface area contributed by atoms with Crippen molar-refractivity contribution in [2.24, 2.45) is 0 Å². The maximum atomic E-state index is 12.8. The van der Waals surface area contributed by atoms with Gasteiger partial charge < -0.3 is 4.74 Å². The second-order valence-corrected chi connectivity index (χ2v) is 3.94. The second-order valence-electron chi connectivity index (χ2n) is 3.94. The van der Waals surface area contributed by atoms with Crippen LogP contribution < -0.4 is 0 Å². The smallest absolute Gasteiger partial charge is 0.188 e. The number of carbonyl (C=O) groups excluding carboxylic acids is 1. The Morgan fingerprint density at radius 3 is 2.50 bits per heavy atom. The van der Waals surface area contributed by atoms with Crippen LogP contribution >= 0.6 is 0 Å². The van der Waals surface area contributed by atoms with Gasteiger partial charge in [-0.3, -0.25) is 4.79 Å². The minimum Gasteiger partial charge on any atom is -0.377 e. The molecule has 92 valence electrons. The molecule has 0 atom stereocenters. The molecule has 0 heterocycles. The van der Waals surface area contributed by atoms with Crippen LogP contribution in [0.2, 0.25) is 0 Å². The molecule has 0 aliphatic carbocycles. The fourth-order valence-corrected chi connectivity index (χ4v) is 1.73. The minimum absolute atomic E-state index is 0.0624. The van der Waals surface area contributed by atoms with Gasteiger partial charge in [0.2, 0.25) is 0 Å². The Labute approximate surface area is 105 Å². The summed E-state index contributed by atoms with van der Waals surface area (Å²) in [7, 11) is 1.49. The molecule has 2 rings (SSSR count). The third-order valence-corrected chi connectivity index (χ3v) is 2.64. The quantitative estimate of drug-likeness (QED) is 0.771. The molecule has 0 unspecified atom stereocenters. The molecule has 18 heavy (non-hydrogen) atoms. The van der Waals surface area contributed by atoms with E-state index in [9.17, 15) is 9.18 Å². The fraction of sp³-hybridized carbons (Fsp3) is 0.133. The first kappa shape index (κ1) is 12.5. The van der Waals surface area contributed by atoms with Crippen molar-refractivity contribution >= 4 is 5.78 Å². The zero-order chi connectivity index (χ0) is 13.0. The van der Waals surface area contributed by atoms with Gasteiger partial charge in [-0.05, 0) is 29.3 Å². The van der Waals surface area contributed by atoms with E-state index < -0.39 is 0 Å². The lowest BCUT2D eigenvalue weighted by atomic mass is 10.0. The topological polar surface area (TPSA) is 26.3 Å². The average Bonchev–Trinajstić information content (AvgIpc) is 2.40. The summed E-state index contributed by atoms with van der Waals surface area (Å²) in [5, 5.41) is 0. The predicted octanol–water partition coefficient (Wildman–Crippen LogP) is 3.32. The Hall–Kier alpha value is -2.00. The summed E-state index contributed by atoms with van der Waals surface area (Å²) < 4.78 is 17.7. The molecule has 2 nitrogen and oxygen atoms in total. The Bertz CT molecular complexity index is 547. The number of ketones is 1. The second kappa shape index (κ2) is 5.56.